The van der Waals surface area contributed by atoms with Gasteiger partial charge in [0.25, 0.3) is 0 Å². The number of aromatic amines is 1. The predicted octanol–water partition coefficient (Wildman–Crippen LogP) is 6.05. The minimum Gasteiger partial charge on any atom is -0.490 e. The van der Waals surface area contributed by atoms with Gasteiger partial charge in [0, 0.05) is 26.4 Å². The molecule has 1 amide bonds. The summed E-state index contributed by atoms with van der Waals surface area (Å²) in [7, 11) is 0. The van der Waals surface area contributed by atoms with Crippen LogP contribution in [-0.2, 0) is 11.2 Å². The molecule has 0 spiro atoms. The van der Waals surface area contributed by atoms with Crippen LogP contribution in [0.5, 0.6) is 5.75 Å². The maximum atomic E-state index is 12.5. The van der Waals surface area contributed by atoms with E-state index in [1.165, 1.54) is 0 Å². The number of hydrogen-bond donors (Lipinski definition) is 2. The minimum absolute atomic E-state index is 0.274. The molecular weight excluding hydrogens is 555 g/mol. The van der Waals surface area contributed by atoms with E-state index in [2.05, 4.69) is 55.2 Å². The zero-order valence-corrected chi connectivity index (χ0v) is 22.4. The lowest BCUT2D eigenvalue weighted by molar-refractivity contribution is 0.0487. The average Bonchev–Trinajstić information content (AvgIpc) is 3.16. The molecule has 4 aromatic rings. The molecule has 0 saturated carbocycles. The molecule has 8 heteroatoms. The zero-order chi connectivity index (χ0) is 25.0. The summed E-state index contributed by atoms with van der Waals surface area (Å²) < 4.78 is 12.7. The molecule has 0 unspecified atom stereocenters. The van der Waals surface area contributed by atoms with Gasteiger partial charge in [-0.25, -0.2) is 4.79 Å². The Balaban J connectivity index is 1.49. The van der Waals surface area contributed by atoms with Crippen LogP contribution in [-0.4, -0.2) is 39.5 Å². The largest absolute Gasteiger partial charge is 0.490 e. The number of H-pyrrole nitrogens is 1. The Morgan fingerprint density at radius 2 is 1.94 bits per heavy atom. The van der Waals surface area contributed by atoms with Crippen molar-refractivity contribution in [2.75, 3.05) is 6.61 Å². The first kappa shape index (κ1) is 25.0. The van der Waals surface area contributed by atoms with Crippen LogP contribution in [0.3, 0.4) is 0 Å². The van der Waals surface area contributed by atoms with Crippen LogP contribution < -0.4 is 10.1 Å². The molecule has 4 rings (SSSR count). The summed E-state index contributed by atoms with van der Waals surface area (Å²) in [6.07, 6.45) is 3.64. The molecule has 0 bridgehead atoms. The van der Waals surface area contributed by atoms with Gasteiger partial charge in [0.2, 0.25) is 0 Å². The van der Waals surface area contributed by atoms with Crippen molar-refractivity contribution in [2.24, 2.45) is 0 Å². The van der Waals surface area contributed by atoms with E-state index in [0.29, 0.717) is 12.2 Å². The number of pyridine rings is 1. The van der Waals surface area contributed by atoms with Gasteiger partial charge in [0.15, 0.2) is 0 Å². The highest BCUT2D eigenvalue weighted by atomic mass is 127. The highest BCUT2D eigenvalue weighted by molar-refractivity contribution is 14.1. The molecule has 2 N–H and O–H groups in total. The average molecular weight is 584 g/mol. The number of rotatable bonds is 7. The Morgan fingerprint density at radius 1 is 1.11 bits per heavy atom. The molecule has 0 fully saturated rings. The highest BCUT2D eigenvalue weighted by Crippen LogP contribution is 2.27. The molecule has 2 heterocycles. The van der Waals surface area contributed by atoms with Crippen LogP contribution in [0.25, 0.3) is 22.0 Å². The van der Waals surface area contributed by atoms with Crippen molar-refractivity contribution in [1.82, 2.24) is 20.5 Å². The molecule has 182 valence electrons. The SMILES string of the molecule is Cc1[nH]nc2ccc(-c3cncc(OC[C@H](Cc4cccc(I)c4)NC(=O)OC(C)(C)C)c3)cc12. The van der Waals surface area contributed by atoms with Crippen molar-refractivity contribution in [3.8, 4) is 16.9 Å². The van der Waals surface area contributed by atoms with Gasteiger partial charge in [-0.3, -0.25) is 10.1 Å². The number of nitrogens with one attached hydrogen (secondary N) is 2. The van der Waals surface area contributed by atoms with Crippen LogP contribution in [0.4, 0.5) is 4.79 Å². The molecule has 7 nitrogen and oxygen atoms in total. The van der Waals surface area contributed by atoms with Crippen molar-refractivity contribution in [1.29, 1.82) is 0 Å². The quantitative estimate of drug-likeness (QED) is 0.258. The fourth-order valence-corrected chi connectivity index (χ4v) is 4.35. The second kappa shape index (κ2) is 10.6. The molecule has 35 heavy (non-hydrogen) atoms. The van der Waals surface area contributed by atoms with Gasteiger partial charge in [-0.1, -0.05) is 18.2 Å². The van der Waals surface area contributed by atoms with Gasteiger partial charge in [-0.15, -0.1) is 0 Å². The maximum absolute atomic E-state index is 12.5. The number of benzene rings is 2. The molecule has 0 aliphatic heterocycles. The Kier molecular flexibility index (Phi) is 7.59. The third-order valence-electron chi connectivity index (χ3n) is 5.33. The fraction of sp³-hybridized carbons (Fsp3) is 0.296. The van der Waals surface area contributed by atoms with E-state index in [9.17, 15) is 4.79 Å². The number of carbonyl (C=O) groups is 1. The number of halogens is 1. The van der Waals surface area contributed by atoms with Gasteiger partial charge in [-0.05, 0) is 98.2 Å². The summed E-state index contributed by atoms with van der Waals surface area (Å²) in [6.45, 7) is 7.81. The number of hydrogen-bond acceptors (Lipinski definition) is 5. The van der Waals surface area contributed by atoms with Crippen LogP contribution >= 0.6 is 22.6 Å². The standard InChI is InChI=1S/C27H29IN4O3/c1-17-24-13-19(8-9-25(24)32-31-17)20-12-23(15-29-14-20)34-16-22(30-26(33)35-27(2,3)4)11-18-6-5-7-21(28)10-18/h5-10,12-15,22H,11,16H2,1-4H3,(H,30,33)(H,31,32)/t22-/m0/s1. The maximum Gasteiger partial charge on any atom is 0.408 e. The second-order valence-corrected chi connectivity index (χ2v) is 10.7. The molecule has 0 saturated heterocycles. The monoisotopic (exact) mass is 584 g/mol. The number of aromatic nitrogens is 3. The molecular formula is C27H29IN4O3. The van der Waals surface area contributed by atoms with Crippen molar-refractivity contribution < 1.29 is 14.3 Å². The van der Waals surface area contributed by atoms with E-state index in [-0.39, 0.29) is 12.6 Å². The topological polar surface area (TPSA) is 89.1 Å². The normalized spacial score (nSPS) is 12.4. The summed E-state index contributed by atoms with van der Waals surface area (Å²) in [5.74, 6) is 0.630. The smallest absolute Gasteiger partial charge is 0.408 e. The van der Waals surface area contributed by atoms with E-state index >= 15 is 0 Å². The summed E-state index contributed by atoms with van der Waals surface area (Å²) in [4.78, 5) is 16.9. The van der Waals surface area contributed by atoms with Crippen molar-refractivity contribution in [2.45, 2.75) is 45.8 Å². The van der Waals surface area contributed by atoms with Crippen LogP contribution in [0.1, 0.15) is 32.0 Å². The first-order valence-electron chi connectivity index (χ1n) is 11.4. The molecule has 1 atom stereocenters. The van der Waals surface area contributed by atoms with Crippen molar-refractivity contribution in [3.63, 3.8) is 0 Å². The number of alkyl carbamates (subject to hydrolysis) is 1. The lowest BCUT2D eigenvalue weighted by Gasteiger charge is -2.24. The Hall–Kier alpha value is -3.14. The van der Waals surface area contributed by atoms with Gasteiger partial charge in [0.1, 0.15) is 18.0 Å². The van der Waals surface area contributed by atoms with E-state index in [1.807, 2.05) is 70.3 Å². The van der Waals surface area contributed by atoms with Crippen molar-refractivity contribution in [3.05, 3.63) is 75.8 Å². The van der Waals surface area contributed by atoms with Gasteiger partial charge in [-0.2, -0.15) is 5.10 Å². The molecule has 2 aromatic heterocycles. The Morgan fingerprint density at radius 3 is 2.71 bits per heavy atom. The highest BCUT2D eigenvalue weighted by Gasteiger charge is 2.20. The number of amides is 1. The first-order chi connectivity index (χ1) is 16.7. The van der Waals surface area contributed by atoms with E-state index < -0.39 is 11.7 Å². The predicted molar refractivity (Wildman–Crippen MR) is 146 cm³/mol. The third kappa shape index (κ3) is 6.94. The van der Waals surface area contributed by atoms with E-state index in [0.717, 1.165) is 36.9 Å². The summed E-state index contributed by atoms with van der Waals surface area (Å²) in [5.41, 5.74) is 4.45. The zero-order valence-electron chi connectivity index (χ0n) is 20.3. The number of fused-ring (bicyclic) bond motifs is 1. The van der Waals surface area contributed by atoms with E-state index in [1.54, 1.807) is 6.20 Å². The molecule has 0 radical (unpaired) electrons. The van der Waals surface area contributed by atoms with Gasteiger partial charge in [0.05, 0.1) is 17.8 Å². The number of nitrogens with zero attached hydrogens (tertiary/aromatic N) is 2. The summed E-state index contributed by atoms with van der Waals surface area (Å²) in [5, 5.41) is 11.3. The lowest BCUT2D eigenvalue weighted by atomic mass is 10.0. The summed E-state index contributed by atoms with van der Waals surface area (Å²) in [6, 6.07) is 16.0. The van der Waals surface area contributed by atoms with E-state index in [4.69, 9.17) is 9.47 Å². The Bertz CT molecular complexity index is 1330. The van der Waals surface area contributed by atoms with Crippen LogP contribution in [0.15, 0.2) is 60.9 Å². The fourth-order valence-electron chi connectivity index (χ4n) is 3.74. The minimum atomic E-state index is -0.579. The molecule has 0 aliphatic carbocycles. The lowest BCUT2D eigenvalue weighted by Crippen LogP contribution is -2.43. The first-order valence-corrected chi connectivity index (χ1v) is 12.5. The summed E-state index contributed by atoms with van der Waals surface area (Å²) >= 11 is 2.28. The number of carbonyl (C=O) groups excluding carboxylic acids is 1. The third-order valence-corrected chi connectivity index (χ3v) is 6.01. The molecule has 2 aromatic carbocycles. The second-order valence-electron chi connectivity index (χ2n) is 9.48. The van der Waals surface area contributed by atoms with Gasteiger partial charge >= 0.3 is 6.09 Å². The van der Waals surface area contributed by atoms with Crippen molar-refractivity contribution >= 4 is 39.6 Å². The van der Waals surface area contributed by atoms with Crippen LogP contribution in [0.2, 0.25) is 0 Å². The number of aryl methyl sites for hydroxylation is 1. The van der Waals surface area contributed by atoms with Gasteiger partial charge < -0.3 is 14.8 Å². The molecule has 0 aliphatic rings. The number of ether oxygens (including phenoxy) is 2. The Labute approximate surface area is 218 Å². The van der Waals surface area contributed by atoms with Crippen LogP contribution in [0, 0.1) is 10.5 Å².